The van der Waals surface area contributed by atoms with Gasteiger partial charge in [-0.1, -0.05) is 6.07 Å². The largest absolute Gasteiger partial charge is 0.496 e. The third-order valence-electron chi connectivity index (χ3n) is 2.74. The molecule has 0 heterocycles. The minimum absolute atomic E-state index is 0.0101. The van der Waals surface area contributed by atoms with Crippen LogP contribution in [-0.4, -0.2) is 12.0 Å². The van der Waals surface area contributed by atoms with Gasteiger partial charge in [-0.25, -0.2) is 0 Å². The summed E-state index contributed by atoms with van der Waals surface area (Å²) in [5.41, 5.74) is 0.908. The van der Waals surface area contributed by atoms with Crippen molar-refractivity contribution in [3.63, 3.8) is 0 Å². The fraction of sp³-hybridized carbons (Fsp3) is 0.143. The van der Waals surface area contributed by atoms with Crippen molar-refractivity contribution in [1.82, 2.24) is 0 Å². The molecule has 0 atom stereocenters. The maximum Gasteiger partial charge on any atom is 0.273 e. The number of ether oxygens (including phenoxy) is 2. The highest BCUT2D eigenvalue weighted by Gasteiger charge is 2.11. The zero-order valence-corrected chi connectivity index (χ0v) is 14.2. The minimum atomic E-state index is -0.455. The van der Waals surface area contributed by atoms with Crippen molar-refractivity contribution in [2.45, 2.75) is 6.61 Å². The van der Waals surface area contributed by atoms with Crippen molar-refractivity contribution in [3.8, 4) is 11.5 Å². The van der Waals surface area contributed by atoms with Crippen LogP contribution < -0.4 is 9.47 Å². The Morgan fingerprint density at radius 3 is 2.48 bits per heavy atom. The summed E-state index contributed by atoms with van der Waals surface area (Å²) in [6.07, 6.45) is 0. The number of rotatable bonds is 5. The molecule has 110 valence electrons. The molecule has 0 aliphatic heterocycles. The zero-order valence-electron chi connectivity index (χ0n) is 11.0. The number of nitro groups is 1. The second-order valence-corrected chi connectivity index (χ2v) is 5.84. The molecule has 0 fully saturated rings. The molecule has 0 amide bonds. The van der Waals surface area contributed by atoms with Crippen LogP contribution in [-0.2, 0) is 6.61 Å². The van der Waals surface area contributed by atoms with Gasteiger partial charge in [-0.05, 0) is 55.6 Å². The molecule has 0 aliphatic carbocycles. The Morgan fingerprint density at radius 2 is 1.86 bits per heavy atom. The van der Waals surface area contributed by atoms with Gasteiger partial charge in [0.05, 0.1) is 27.0 Å². The second kappa shape index (κ2) is 6.91. The number of nitro benzene ring substituents is 1. The minimum Gasteiger partial charge on any atom is -0.496 e. The summed E-state index contributed by atoms with van der Waals surface area (Å²) in [6.45, 7) is 0.294. The highest BCUT2D eigenvalue weighted by atomic mass is 79.9. The van der Waals surface area contributed by atoms with Gasteiger partial charge in [0.1, 0.15) is 18.1 Å². The van der Waals surface area contributed by atoms with E-state index in [1.54, 1.807) is 13.2 Å². The van der Waals surface area contributed by atoms with Crippen molar-refractivity contribution < 1.29 is 14.4 Å². The molecule has 2 aromatic rings. The van der Waals surface area contributed by atoms with E-state index in [2.05, 4.69) is 31.9 Å². The third kappa shape index (κ3) is 3.95. The average molecular weight is 417 g/mol. The van der Waals surface area contributed by atoms with E-state index < -0.39 is 4.92 Å². The number of methoxy groups -OCH3 is 1. The van der Waals surface area contributed by atoms with Gasteiger partial charge in [-0.2, -0.15) is 0 Å². The standard InChI is InChI=1S/C14H11Br2NO4/c1-20-13-5-2-9(6-12(13)16)8-21-14-7-10(17(18)19)3-4-11(14)15/h2-7H,8H2,1H3. The highest BCUT2D eigenvalue weighted by molar-refractivity contribution is 9.10. The van der Waals surface area contributed by atoms with Gasteiger partial charge in [-0.3, -0.25) is 10.1 Å². The van der Waals surface area contributed by atoms with Crippen LogP contribution in [0.25, 0.3) is 0 Å². The molecule has 0 saturated heterocycles. The Bertz CT molecular complexity index is 676. The molecule has 2 aromatic carbocycles. The fourth-order valence-corrected chi connectivity index (χ4v) is 2.63. The summed E-state index contributed by atoms with van der Waals surface area (Å²) in [5.74, 6) is 1.16. The summed E-state index contributed by atoms with van der Waals surface area (Å²) in [5, 5.41) is 10.8. The van der Waals surface area contributed by atoms with E-state index in [0.29, 0.717) is 16.8 Å². The van der Waals surface area contributed by atoms with Crippen molar-refractivity contribution in [2.24, 2.45) is 0 Å². The van der Waals surface area contributed by atoms with Gasteiger partial charge in [0.15, 0.2) is 0 Å². The number of nitrogens with zero attached hydrogens (tertiary/aromatic N) is 1. The van der Waals surface area contributed by atoms with Gasteiger partial charge in [0, 0.05) is 6.07 Å². The van der Waals surface area contributed by atoms with E-state index in [4.69, 9.17) is 9.47 Å². The van der Waals surface area contributed by atoms with E-state index in [1.165, 1.54) is 12.1 Å². The molecular formula is C14H11Br2NO4. The zero-order chi connectivity index (χ0) is 15.4. The van der Waals surface area contributed by atoms with Crippen LogP contribution in [0.15, 0.2) is 45.3 Å². The first-order valence-electron chi connectivity index (χ1n) is 5.90. The SMILES string of the molecule is COc1ccc(COc2cc([N+](=O)[O-])ccc2Br)cc1Br. The Morgan fingerprint density at radius 1 is 1.10 bits per heavy atom. The number of hydrogen-bond acceptors (Lipinski definition) is 4. The van der Waals surface area contributed by atoms with Crippen molar-refractivity contribution in [3.05, 3.63) is 61.0 Å². The maximum atomic E-state index is 10.8. The molecule has 21 heavy (non-hydrogen) atoms. The Balaban J connectivity index is 2.14. The summed E-state index contributed by atoms with van der Waals surface area (Å²) in [4.78, 5) is 10.3. The Hall–Kier alpha value is -1.60. The fourth-order valence-electron chi connectivity index (χ4n) is 1.68. The lowest BCUT2D eigenvalue weighted by Gasteiger charge is -2.10. The number of non-ortho nitro benzene ring substituents is 1. The van der Waals surface area contributed by atoms with Crippen molar-refractivity contribution >= 4 is 37.5 Å². The predicted octanol–water partition coefficient (Wildman–Crippen LogP) is 4.71. The molecule has 2 rings (SSSR count). The van der Waals surface area contributed by atoms with Crippen LogP contribution in [0.3, 0.4) is 0 Å². The van der Waals surface area contributed by atoms with Gasteiger partial charge >= 0.3 is 0 Å². The molecule has 0 aliphatic rings. The van der Waals surface area contributed by atoms with E-state index in [-0.39, 0.29) is 5.69 Å². The van der Waals surface area contributed by atoms with E-state index in [9.17, 15) is 10.1 Å². The molecule has 0 unspecified atom stereocenters. The molecule has 0 spiro atoms. The summed E-state index contributed by atoms with van der Waals surface area (Å²) >= 11 is 6.71. The Labute approximate surface area is 138 Å². The highest BCUT2D eigenvalue weighted by Crippen LogP contribution is 2.31. The van der Waals surface area contributed by atoms with Gasteiger partial charge < -0.3 is 9.47 Å². The first-order valence-corrected chi connectivity index (χ1v) is 7.49. The van der Waals surface area contributed by atoms with Crippen LogP contribution in [0.1, 0.15) is 5.56 Å². The van der Waals surface area contributed by atoms with Crippen LogP contribution in [0.4, 0.5) is 5.69 Å². The molecule has 0 radical (unpaired) electrons. The number of benzene rings is 2. The summed E-state index contributed by atoms with van der Waals surface area (Å²) in [6, 6.07) is 9.98. The molecule has 0 bridgehead atoms. The third-order valence-corrected chi connectivity index (χ3v) is 4.01. The molecule has 0 saturated carbocycles. The molecule has 7 heteroatoms. The first kappa shape index (κ1) is 15.8. The van der Waals surface area contributed by atoms with Crippen LogP contribution in [0.2, 0.25) is 0 Å². The lowest BCUT2D eigenvalue weighted by Crippen LogP contribution is -1.98. The van der Waals surface area contributed by atoms with Crippen LogP contribution in [0, 0.1) is 10.1 Å². The molecule has 0 aromatic heterocycles. The Kier molecular flexibility index (Phi) is 5.19. The summed E-state index contributed by atoms with van der Waals surface area (Å²) in [7, 11) is 1.59. The topological polar surface area (TPSA) is 61.6 Å². The molecular weight excluding hydrogens is 406 g/mol. The van der Waals surface area contributed by atoms with Crippen LogP contribution in [0.5, 0.6) is 11.5 Å². The second-order valence-electron chi connectivity index (χ2n) is 4.13. The van der Waals surface area contributed by atoms with Gasteiger partial charge in [0.2, 0.25) is 0 Å². The van der Waals surface area contributed by atoms with Crippen molar-refractivity contribution in [1.29, 1.82) is 0 Å². The van der Waals surface area contributed by atoms with Gasteiger partial charge in [-0.15, -0.1) is 0 Å². The van der Waals surface area contributed by atoms with E-state index >= 15 is 0 Å². The monoisotopic (exact) mass is 415 g/mol. The lowest BCUT2D eigenvalue weighted by molar-refractivity contribution is -0.385. The predicted molar refractivity (Wildman–Crippen MR) is 85.8 cm³/mol. The smallest absolute Gasteiger partial charge is 0.273 e. The normalized spacial score (nSPS) is 10.2. The molecule has 0 N–H and O–H groups in total. The molecule has 5 nitrogen and oxygen atoms in total. The van der Waals surface area contributed by atoms with Gasteiger partial charge in [0.25, 0.3) is 5.69 Å². The van der Waals surface area contributed by atoms with Crippen molar-refractivity contribution in [2.75, 3.05) is 7.11 Å². The maximum absolute atomic E-state index is 10.8. The average Bonchev–Trinajstić information content (AvgIpc) is 2.46. The summed E-state index contributed by atoms with van der Waals surface area (Å²) < 4.78 is 12.3. The van der Waals surface area contributed by atoms with E-state index in [1.807, 2.05) is 18.2 Å². The van der Waals surface area contributed by atoms with E-state index in [0.717, 1.165) is 15.8 Å². The first-order chi connectivity index (χ1) is 10.0. The lowest BCUT2D eigenvalue weighted by atomic mass is 10.2. The van der Waals surface area contributed by atoms with Crippen LogP contribution >= 0.6 is 31.9 Å². The number of hydrogen-bond donors (Lipinski definition) is 0. The quantitative estimate of drug-likeness (QED) is 0.523. The number of halogens is 2.